The van der Waals surface area contributed by atoms with Crippen molar-refractivity contribution in [3.05, 3.63) is 67.2 Å². The first-order valence-electron chi connectivity index (χ1n) is 11.3. The molecule has 0 spiro atoms. The maximum atomic E-state index is 14.0. The monoisotopic (exact) mass is 470 g/mol. The van der Waals surface area contributed by atoms with Gasteiger partial charge in [-0.25, -0.2) is 14.2 Å². The number of halogens is 1. The number of ether oxygens (including phenoxy) is 2. The van der Waals surface area contributed by atoms with Crippen LogP contribution in [0.4, 0.5) is 4.39 Å². The maximum absolute atomic E-state index is 14.0. The van der Waals surface area contributed by atoms with Crippen LogP contribution in [0.1, 0.15) is 60.3 Å². The third kappa shape index (κ3) is 4.58. The fourth-order valence-electron chi connectivity index (χ4n) is 4.05. The lowest BCUT2D eigenvalue weighted by molar-refractivity contribution is -0.0172. The van der Waals surface area contributed by atoms with Crippen molar-refractivity contribution in [3.8, 4) is 5.75 Å². The van der Waals surface area contributed by atoms with Crippen LogP contribution in [0.2, 0.25) is 0 Å². The lowest BCUT2D eigenvalue weighted by Crippen LogP contribution is -2.34. The number of pyridine rings is 1. The minimum Gasteiger partial charge on any atom is -0.467 e. The standard InChI is InChI=1S/C24H27FN4O5/c1-4-7-29-21-19(23(31)28-24(29)32)17(10-18(27-21)13(2)3)22(30)26-6-5-14-8-16(25)9-15-11-33-12-34-20(14)15/h8-10,13H,4-7,11-12H2,1-3H3,(H,26,30)(H,28,31,32). The molecule has 0 unspecified atom stereocenters. The van der Waals surface area contributed by atoms with Crippen LogP contribution in [-0.2, 0) is 24.3 Å². The molecule has 34 heavy (non-hydrogen) atoms. The van der Waals surface area contributed by atoms with E-state index in [0.717, 1.165) is 0 Å². The minimum atomic E-state index is -0.659. The molecule has 2 N–H and O–H groups in total. The summed E-state index contributed by atoms with van der Waals surface area (Å²) in [6.45, 7) is 6.63. The molecular weight excluding hydrogens is 443 g/mol. The van der Waals surface area contributed by atoms with Gasteiger partial charge in [0.1, 0.15) is 11.6 Å². The van der Waals surface area contributed by atoms with Gasteiger partial charge in [0.15, 0.2) is 12.4 Å². The Morgan fingerprint density at radius 3 is 2.82 bits per heavy atom. The van der Waals surface area contributed by atoms with E-state index < -0.39 is 23.0 Å². The predicted molar refractivity (Wildman–Crippen MR) is 124 cm³/mol. The minimum absolute atomic E-state index is 0.0291. The van der Waals surface area contributed by atoms with Crippen LogP contribution in [0.15, 0.2) is 27.8 Å². The highest BCUT2D eigenvalue weighted by Gasteiger charge is 2.21. The van der Waals surface area contributed by atoms with Crippen LogP contribution in [0.25, 0.3) is 11.0 Å². The molecule has 0 saturated heterocycles. The van der Waals surface area contributed by atoms with Crippen LogP contribution < -0.4 is 21.3 Å². The summed E-state index contributed by atoms with van der Waals surface area (Å²) in [7, 11) is 0. The second kappa shape index (κ2) is 9.76. The number of carbonyl (C=O) groups excluding carboxylic acids is 1. The number of H-pyrrole nitrogens is 1. The van der Waals surface area contributed by atoms with Crippen molar-refractivity contribution in [1.82, 2.24) is 19.9 Å². The molecule has 3 aromatic rings. The van der Waals surface area contributed by atoms with Gasteiger partial charge >= 0.3 is 5.69 Å². The molecule has 0 saturated carbocycles. The number of aromatic nitrogens is 3. The molecule has 1 aliphatic heterocycles. The van der Waals surface area contributed by atoms with E-state index in [9.17, 15) is 18.8 Å². The Bertz CT molecular complexity index is 1360. The number of amides is 1. The largest absolute Gasteiger partial charge is 0.467 e. The number of aromatic amines is 1. The Labute approximate surface area is 194 Å². The predicted octanol–water partition coefficient (Wildman–Crippen LogP) is 2.60. The first-order valence-corrected chi connectivity index (χ1v) is 11.3. The molecule has 9 nitrogen and oxygen atoms in total. The lowest BCUT2D eigenvalue weighted by Gasteiger charge is -2.21. The lowest BCUT2D eigenvalue weighted by atomic mass is 10.0. The van der Waals surface area contributed by atoms with E-state index in [0.29, 0.717) is 42.0 Å². The summed E-state index contributed by atoms with van der Waals surface area (Å²) in [6.07, 6.45) is 0.976. The van der Waals surface area contributed by atoms with Crippen molar-refractivity contribution in [1.29, 1.82) is 0 Å². The summed E-state index contributed by atoms with van der Waals surface area (Å²) in [5, 5.41) is 2.88. The maximum Gasteiger partial charge on any atom is 0.329 e. The number of rotatable bonds is 7. The third-order valence-corrected chi connectivity index (χ3v) is 5.68. The van der Waals surface area contributed by atoms with Crippen LogP contribution in [0, 0.1) is 5.82 Å². The zero-order chi connectivity index (χ0) is 24.4. The number of hydrogen-bond acceptors (Lipinski definition) is 6. The summed E-state index contributed by atoms with van der Waals surface area (Å²) < 4.78 is 26.1. The zero-order valence-electron chi connectivity index (χ0n) is 19.4. The molecule has 0 bridgehead atoms. The molecule has 1 amide bonds. The first-order chi connectivity index (χ1) is 16.3. The van der Waals surface area contributed by atoms with Crippen molar-refractivity contribution < 1.29 is 18.7 Å². The van der Waals surface area contributed by atoms with Crippen LogP contribution in [0.5, 0.6) is 5.75 Å². The van der Waals surface area contributed by atoms with Gasteiger partial charge in [-0.15, -0.1) is 0 Å². The fraction of sp³-hybridized carbons (Fsp3) is 0.417. The molecule has 0 radical (unpaired) electrons. The molecule has 0 atom stereocenters. The SMILES string of the molecule is CCCn1c(=O)[nH]c(=O)c2c(C(=O)NCCc3cc(F)cc4c3OCOC4)cc(C(C)C)nc21. The van der Waals surface area contributed by atoms with Gasteiger partial charge in [-0.2, -0.15) is 0 Å². The average Bonchev–Trinajstić information content (AvgIpc) is 2.80. The second-order valence-corrected chi connectivity index (χ2v) is 8.53. The van der Waals surface area contributed by atoms with E-state index in [1.165, 1.54) is 16.7 Å². The van der Waals surface area contributed by atoms with Crippen molar-refractivity contribution >= 4 is 16.9 Å². The Morgan fingerprint density at radius 1 is 1.29 bits per heavy atom. The highest BCUT2D eigenvalue weighted by atomic mass is 19.1. The summed E-state index contributed by atoms with van der Waals surface area (Å²) in [4.78, 5) is 45.1. The molecule has 3 heterocycles. The van der Waals surface area contributed by atoms with E-state index in [-0.39, 0.29) is 42.5 Å². The fourth-order valence-corrected chi connectivity index (χ4v) is 4.05. The number of nitrogens with one attached hydrogen (secondary N) is 2. The number of benzene rings is 1. The van der Waals surface area contributed by atoms with E-state index in [1.54, 1.807) is 6.07 Å². The van der Waals surface area contributed by atoms with Gasteiger partial charge in [0.2, 0.25) is 0 Å². The van der Waals surface area contributed by atoms with Crippen LogP contribution >= 0.6 is 0 Å². The average molecular weight is 471 g/mol. The van der Waals surface area contributed by atoms with Crippen molar-refractivity contribution in [3.63, 3.8) is 0 Å². The molecule has 180 valence electrons. The van der Waals surface area contributed by atoms with Gasteiger partial charge in [-0.05, 0) is 42.5 Å². The number of nitrogens with zero attached hydrogens (tertiary/aromatic N) is 2. The Morgan fingerprint density at radius 2 is 2.09 bits per heavy atom. The van der Waals surface area contributed by atoms with Crippen LogP contribution in [0.3, 0.4) is 0 Å². The highest BCUT2D eigenvalue weighted by Crippen LogP contribution is 2.29. The summed E-state index contributed by atoms with van der Waals surface area (Å²) >= 11 is 0. The van der Waals surface area contributed by atoms with Gasteiger partial charge in [0.25, 0.3) is 11.5 Å². The Kier molecular flexibility index (Phi) is 6.78. The zero-order valence-corrected chi connectivity index (χ0v) is 19.4. The molecule has 0 fully saturated rings. The first kappa shape index (κ1) is 23.6. The topological polar surface area (TPSA) is 115 Å². The molecule has 2 aromatic heterocycles. The van der Waals surface area contributed by atoms with Gasteiger partial charge in [-0.3, -0.25) is 19.1 Å². The molecule has 1 aliphatic rings. The third-order valence-electron chi connectivity index (χ3n) is 5.68. The number of carbonyl (C=O) groups is 1. The Hall–Kier alpha value is -3.53. The normalized spacial score (nSPS) is 13.1. The van der Waals surface area contributed by atoms with Crippen molar-refractivity contribution in [2.24, 2.45) is 0 Å². The van der Waals surface area contributed by atoms with E-state index in [1.807, 2.05) is 20.8 Å². The smallest absolute Gasteiger partial charge is 0.329 e. The van der Waals surface area contributed by atoms with Crippen molar-refractivity contribution in [2.75, 3.05) is 13.3 Å². The summed E-state index contributed by atoms with van der Waals surface area (Å²) in [5.74, 6) is -0.343. The van der Waals surface area contributed by atoms with E-state index in [2.05, 4.69) is 15.3 Å². The van der Waals surface area contributed by atoms with Gasteiger partial charge in [0, 0.05) is 24.3 Å². The van der Waals surface area contributed by atoms with Gasteiger partial charge < -0.3 is 14.8 Å². The Balaban J connectivity index is 1.67. The number of fused-ring (bicyclic) bond motifs is 2. The van der Waals surface area contributed by atoms with Crippen molar-refractivity contribution in [2.45, 2.75) is 52.7 Å². The molecule has 1 aromatic carbocycles. The second-order valence-electron chi connectivity index (χ2n) is 8.53. The molecule has 10 heteroatoms. The van der Waals surface area contributed by atoms with Gasteiger partial charge in [-0.1, -0.05) is 20.8 Å². The van der Waals surface area contributed by atoms with E-state index >= 15 is 0 Å². The number of hydrogen-bond donors (Lipinski definition) is 2. The summed E-state index contributed by atoms with van der Waals surface area (Å²) in [5.41, 5.74) is 0.961. The van der Waals surface area contributed by atoms with E-state index in [4.69, 9.17) is 9.47 Å². The van der Waals surface area contributed by atoms with Gasteiger partial charge in [0.05, 0.1) is 17.6 Å². The molecule has 4 rings (SSSR count). The molecule has 0 aliphatic carbocycles. The quantitative estimate of drug-likeness (QED) is 0.549. The number of aryl methyl sites for hydroxylation is 1. The molecular formula is C24H27FN4O5. The van der Waals surface area contributed by atoms with Crippen LogP contribution in [-0.4, -0.2) is 33.8 Å². The highest BCUT2D eigenvalue weighted by molar-refractivity contribution is 6.05. The summed E-state index contributed by atoms with van der Waals surface area (Å²) in [6, 6.07) is 4.33.